The van der Waals surface area contributed by atoms with E-state index in [1.165, 1.54) is 0 Å². The Bertz CT molecular complexity index is 862. The van der Waals surface area contributed by atoms with Gasteiger partial charge in [-0.05, 0) is 29.8 Å². The van der Waals surface area contributed by atoms with Gasteiger partial charge < -0.3 is 9.67 Å². The number of hydrogen-bond donors (Lipinski definition) is 1. The fourth-order valence-electron chi connectivity index (χ4n) is 2.13. The highest BCUT2D eigenvalue weighted by molar-refractivity contribution is 7.07. The molecule has 0 aliphatic carbocycles. The third kappa shape index (κ3) is 2.84. The Kier molecular flexibility index (Phi) is 3.89. The van der Waals surface area contributed by atoms with Crippen LogP contribution in [-0.2, 0) is 7.05 Å². The van der Waals surface area contributed by atoms with Crippen molar-refractivity contribution in [1.29, 1.82) is 0 Å². The number of nitrogens with zero attached hydrogens (tertiary/aromatic N) is 2. The molecule has 3 aromatic rings. The summed E-state index contributed by atoms with van der Waals surface area (Å²) in [6, 6.07) is 16.7. The first-order valence-electron chi connectivity index (χ1n) is 6.73. The van der Waals surface area contributed by atoms with Crippen LogP contribution in [0, 0.1) is 0 Å². The van der Waals surface area contributed by atoms with Gasteiger partial charge in [-0.2, -0.15) is 0 Å². The Morgan fingerprint density at radius 1 is 1.09 bits per heavy atom. The van der Waals surface area contributed by atoms with Crippen LogP contribution in [0.3, 0.4) is 0 Å². The molecule has 4 nitrogen and oxygen atoms in total. The number of aromatic carboxylic acids is 1. The van der Waals surface area contributed by atoms with Crippen molar-refractivity contribution in [3.05, 3.63) is 70.3 Å². The first-order valence-corrected chi connectivity index (χ1v) is 7.61. The number of carbonyl (C=O) groups is 1. The highest BCUT2D eigenvalue weighted by Crippen LogP contribution is 2.20. The monoisotopic (exact) mass is 310 g/mol. The Balaban J connectivity index is 2.00. The molecule has 1 N–H and O–H groups in total. The lowest BCUT2D eigenvalue weighted by Gasteiger charge is -2.03. The van der Waals surface area contributed by atoms with Crippen LogP contribution in [0.25, 0.3) is 11.3 Å². The lowest BCUT2D eigenvalue weighted by molar-refractivity contribution is 0.0697. The fourth-order valence-corrected chi connectivity index (χ4v) is 3.06. The summed E-state index contributed by atoms with van der Waals surface area (Å²) < 4.78 is 2.01. The topological polar surface area (TPSA) is 54.6 Å². The Hall–Kier alpha value is -2.66. The van der Waals surface area contributed by atoms with Crippen LogP contribution in [0.2, 0.25) is 0 Å². The second kappa shape index (κ2) is 5.99. The molecule has 1 aromatic heterocycles. The molecule has 5 heteroatoms. The van der Waals surface area contributed by atoms with Gasteiger partial charge in [-0.3, -0.25) is 0 Å². The SMILES string of the molecule is Cn1c(-c2ccc(C(=O)O)cc2)csc1=Nc1ccccc1. The summed E-state index contributed by atoms with van der Waals surface area (Å²) in [7, 11) is 1.96. The number of aromatic nitrogens is 1. The number of thiazole rings is 1. The molecule has 0 saturated heterocycles. The summed E-state index contributed by atoms with van der Waals surface area (Å²) in [5.41, 5.74) is 3.18. The molecule has 0 aliphatic heterocycles. The van der Waals surface area contributed by atoms with E-state index in [0.717, 1.165) is 21.7 Å². The predicted molar refractivity (Wildman–Crippen MR) is 87.4 cm³/mol. The molecule has 0 atom stereocenters. The highest BCUT2D eigenvalue weighted by Gasteiger charge is 2.07. The molecular weight excluding hydrogens is 296 g/mol. The van der Waals surface area contributed by atoms with E-state index in [2.05, 4.69) is 4.99 Å². The van der Waals surface area contributed by atoms with Crippen LogP contribution in [0.15, 0.2) is 65.0 Å². The molecule has 22 heavy (non-hydrogen) atoms. The van der Waals surface area contributed by atoms with Crippen LogP contribution >= 0.6 is 11.3 Å². The minimum absolute atomic E-state index is 0.288. The Morgan fingerprint density at radius 3 is 2.41 bits per heavy atom. The van der Waals surface area contributed by atoms with Crippen molar-refractivity contribution in [2.24, 2.45) is 12.0 Å². The molecule has 0 fully saturated rings. The Morgan fingerprint density at radius 2 is 1.77 bits per heavy atom. The van der Waals surface area contributed by atoms with Gasteiger partial charge in [-0.1, -0.05) is 30.3 Å². The van der Waals surface area contributed by atoms with E-state index in [1.807, 2.05) is 59.5 Å². The van der Waals surface area contributed by atoms with Gasteiger partial charge in [0.15, 0.2) is 4.80 Å². The van der Waals surface area contributed by atoms with Crippen molar-refractivity contribution < 1.29 is 9.90 Å². The minimum atomic E-state index is -0.916. The van der Waals surface area contributed by atoms with E-state index in [4.69, 9.17) is 5.11 Å². The van der Waals surface area contributed by atoms with Gasteiger partial charge >= 0.3 is 5.97 Å². The molecule has 2 aromatic carbocycles. The zero-order valence-electron chi connectivity index (χ0n) is 11.9. The summed E-state index contributed by atoms with van der Waals surface area (Å²) in [5, 5.41) is 11.0. The second-order valence-electron chi connectivity index (χ2n) is 4.79. The van der Waals surface area contributed by atoms with E-state index in [1.54, 1.807) is 23.5 Å². The maximum absolute atomic E-state index is 10.9. The van der Waals surface area contributed by atoms with Crippen LogP contribution in [0.5, 0.6) is 0 Å². The number of rotatable bonds is 3. The van der Waals surface area contributed by atoms with Crippen LogP contribution in [0.4, 0.5) is 5.69 Å². The van der Waals surface area contributed by atoms with Gasteiger partial charge in [-0.25, -0.2) is 9.79 Å². The lowest BCUT2D eigenvalue weighted by atomic mass is 10.1. The maximum atomic E-state index is 10.9. The van der Waals surface area contributed by atoms with Gasteiger partial charge in [0.2, 0.25) is 0 Å². The predicted octanol–water partition coefficient (Wildman–Crippen LogP) is 3.68. The van der Waals surface area contributed by atoms with Crippen LogP contribution in [-0.4, -0.2) is 15.6 Å². The van der Waals surface area contributed by atoms with Gasteiger partial charge in [0, 0.05) is 12.4 Å². The highest BCUT2D eigenvalue weighted by atomic mass is 32.1. The Labute approximate surface area is 131 Å². The van der Waals surface area contributed by atoms with Gasteiger partial charge in [0.05, 0.1) is 16.9 Å². The minimum Gasteiger partial charge on any atom is -0.478 e. The fraction of sp³-hybridized carbons (Fsp3) is 0.0588. The summed E-state index contributed by atoms with van der Waals surface area (Å²) in [5.74, 6) is -0.916. The van der Waals surface area contributed by atoms with Crippen molar-refractivity contribution in [3.8, 4) is 11.3 Å². The first kappa shape index (κ1) is 14.3. The molecule has 0 unspecified atom stereocenters. The molecule has 110 valence electrons. The second-order valence-corrected chi connectivity index (χ2v) is 5.63. The zero-order valence-corrected chi connectivity index (χ0v) is 12.7. The maximum Gasteiger partial charge on any atom is 0.335 e. The summed E-state index contributed by atoms with van der Waals surface area (Å²) in [6.07, 6.45) is 0. The third-order valence-corrected chi connectivity index (χ3v) is 4.25. The van der Waals surface area contributed by atoms with Crippen LogP contribution < -0.4 is 4.80 Å². The van der Waals surface area contributed by atoms with Gasteiger partial charge in [0.1, 0.15) is 0 Å². The zero-order chi connectivity index (χ0) is 15.5. The number of hydrogen-bond acceptors (Lipinski definition) is 3. The molecule has 0 saturated carbocycles. The molecular formula is C17H14N2O2S. The molecule has 0 aliphatic rings. The summed E-state index contributed by atoms with van der Waals surface area (Å²) >= 11 is 1.56. The molecule has 0 amide bonds. The van der Waals surface area contributed by atoms with Crippen molar-refractivity contribution in [1.82, 2.24) is 4.57 Å². The third-order valence-electron chi connectivity index (χ3n) is 3.33. The van der Waals surface area contributed by atoms with Crippen molar-refractivity contribution in [3.63, 3.8) is 0 Å². The molecule has 1 heterocycles. The van der Waals surface area contributed by atoms with Crippen molar-refractivity contribution >= 4 is 23.0 Å². The van der Waals surface area contributed by atoms with Gasteiger partial charge in [-0.15, -0.1) is 11.3 Å². The summed E-state index contributed by atoms with van der Waals surface area (Å²) in [4.78, 5) is 16.4. The molecule has 3 rings (SSSR count). The van der Waals surface area contributed by atoms with Crippen LogP contribution in [0.1, 0.15) is 10.4 Å². The van der Waals surface area contributed by atoms with E-state index in [9.17, 15) is 4.79 Å². The quantitative estimate of drug-likeness (QED) is 0.802. The summed E-state index contributed by atoms with van der Waals surface area (Å²) in [6.45, 7) is 0. The number of carboxylic acids is 1. The lowest BCUT2D eigenvalue weighted by Crippen LogP contribution is -2.10. The van der Waals surface area contributed by atoms with E-state index in [0.29, 0.717) is 0 Å². The van der Waals surface area contributed by atoms with E-state index < -0.39 is 5.97 Å². The average Bonchev–Trinajstić information content (AvgIpc) is 2.89. The first-order chi connectivity index (χ1) is 10.6. The molecule has 0 spiro atoms. The average molecular weight is 310 g/mol. The number of carboxylic acid groups (broad SMARTS) is 1. The van der Waals surface area contributed by atoms with Crippen molar-refractivity contribution in [2.75, 3.05) is 0 Å². The van der Waals surface area contributed by atoms with Gasteiger partial charge in [0.25, 0.3) is 0 Å². The standard InChI is InChI=1S/C17H14N2O2S/c1-19-15(12-7-9-13(10-8-12)16(20)21)11-22-17(19)18-14-5-3-2-4-6-14/h2-11H,1H3,(H,20,21). The normalized spacial score (nSPS) is 11.6. The molecule has 0 radical (unpaired) electrons. The molecule has 0 bridgehead atoms. The number of para-hydroxylation sites is 1. The number of benzene rings is 2. The van der Waals surface area contributed by atoms with E-state index >= 15 is 0 Å². The smallest absolute Gasteiger partial charge is 0.335 e. The van der Waals surface area contributed by atoms with E-state index in [-0.39, 0.29) is 5.56 Å². The van der Waals surface area contributed by atoms with Crippen molar-refractivity contribution in [2.45, 2.75) is 0 Å². The largest absolute Gasteiger partial charge is 0.478 e.